The molecule has 1 aliphatic heterocycles. The van der Waals surface area contributed by atoms with Gasteiger partial charge in [-0.15, -0.1) is 0 Å². The minimum Gasteiger partial charge on any atom is -0.326 e. The molecule has 1 aromatic carbocycles. The molecule has 2 N–H and O–H groups in total. The lowest BCUT2D eigenvalue weighted by Gasteiger charge is -2.37. The van der Waals surface area contributed by atoms with Crippen molar-refractivity contribution < 1.29 is 4.39 Å². The van der Waals surface area contributed by atoms with Crippen molar-refractivity contribution in [3.8, 4) is 0 Å². The van der Waals surface area contributed by atoms with E-state index in [0.717, 1.165) is 24.9 Å². The topological polar surface area (TPSA) is 29.3 Å². The van der Waals surface area contributed by atoms with Gasteiger partial charge < -0.3 is 5.73 Å². The fourth-order valence-electron chi connectivity index (χ4n) is 2.40. The normalized spacial score (nSPS) is 27.0. The summed E-state index contributed by atoms with van der Waals surface area (Å²) in [6.45, 7) is 1.05. The van der Waals surface area contributed by atoms with Gasteiger partial charge in [0, 0.05) is 12.1 Å². The van der Waals surface area contributed by atoms with Crippen LogP contribution in [-0.2, 0) is 0 Å². The third-order valence-electron chi connectivity index (χ3n) is 3.21. The van der Waals surface area contributed by atoms with E-state index in [1.54, 1.807) is 0 Å². The highest BCUT2D eigenvalue weighted by molar-refractivity contribution is 9.10. The zero-order valence-electron chi connectivity index (χ0n) is 9.29. The number of likely N-dealkylation sites (N-methyl/N-ethyl adjacent to an activating group) is 1. The summed E-state index contributed by atoms with van der Waals surface area (Å²) in [5.74, 6) is -0.226. The van der Waals surface area contributed by atoms with Crippen molar-refractivity contribution in [1.29, 1.82) is 0 Å². The second kappa shape index (κ2) is 4.82. The van der Waals surface area contributed by atoms with Crippen LogP contribution in [0.3, 0.4) is 0 Å². The number of rotatable bonds is 1. The summed E-state index contributed by atoms with van der Waals surface area (Å²) in [6.07, 6.45) is 2.17. The van der Waals surface area contributed by atoms with Crippen LogP contribution < -0.4 is 5.73 Å². The molecule has 1 aromatic rings. The third kappa shape index (κ3) is 2.29. The minimum atomic E-state index is -0.226. The molecule has 2 rings (SSSR count). The molecule has 2 nitrogen and oxygen atoms in total. The van der Waals surface area contributed by atoms with E-state index in [-0.39, 0.29) is 17.9 Å². The van der Waals surface area contributed by atoms with Crippen LogP contribution >= 0.6 is 15.9 Å². The van der Waals surface area contributed by atoms with Crippen LogP contribution in [-0.4, -0.2) is 24.5 Å². The van der Waals surface area contributed by atoms with E-state index in [1.807, 2.05) is 12.1 Å². The molecule has 1 saturated heterocycles. The van der Waals surface area contributed by atoms with Crippen LogP contribution in [0, 0.1) is 5.82 Å². The van der Waals surface area contributed by atoms with Crippen LogP contribution in [0.15, 0.2) is 22.7 Å². The van der Waals surface area contributed by atoms with E-state index >= 15 is 0 Å². The molecule has 1 heterocycles. The van der Waals surface area contributed by atoms with Crippen molar-refractivity contribution in [1.82, 2.24) is 4.90 Å². The zero-order chi connectivity index (χ0) is 11.7. The Morgan fingerprint density at radius 3 is 2.88 bits per heavy atom. The second-order valence-electron chi connectivity index (χ2n) is 4.41. The zero-order valence-corrected chi connectivity index (χ0v) is 10.9. The van der Waals surface area contributed by atoms with E-state index in [1.165, 1.54) is 6.07 Å². The Hall–Kier alpha value is -0.450. The fraction of sp³-hybridized carbons (Fsp3) is 0.500. The standard InChI is InChI=1S/C12H16BrFN2/c1-16-6-2-3-11(15)12(16)8-4-5-10(14)9(13)7-8/h4-5,7,11-12H,2-3,6,15H2,1H3. The molecule has 0 amide bonds. The lowest BCUT2D eigenvalue weighted by atomic mass is 9.91. The van der Waals surface area contributed by atoms with E-state index in [4.69, 9.17) is 5.73 Å². The Labute approximate surface area is 104 Å². The van der Waals surface area contributed by atoms with Gasteiger partial charge in [-0.2, -0.15) is 0 Å². The molecule has 4 heteroatoms. The predicted molar refractivity (Wildman–Crippen MR) is 66.7 cm³/mol. The molecule has 0 bridgehead atoms. The predicted octanol–water partition coefficient (Wildman–Crippen LogP) is 2.68. The molecule has 0 aromatic heterocycles. The number of likely N-dealkylation sites (tertiary alicyclic amines) is 1. The second-order valence-corrected chi connectivity index (χ2v) is 5.26. The Morgan fingerprint density at radius 1 is 1.50 bits per heavy atom. The third-order valence-corrected chi connectivity index (χ3v) is 3.82. The number of hydrogen-bond donors (Lipinski definition) is 1. The average molecular weight is 287 g/mol. The van der Waals surface area contributed by atoms with Crippen molar-refractivity contribution in [2.75, 3.05) is 13.6 Å². The van der Waals surface area contributed by atoms with E-state index in [2.05, 4.69) is 27.9 Å². The summed E-state index contributed by atoms with van der Waals surface area (Å²) < 4.78 is 13.7. The Morgan fingerprint density at radius 2 is 2.25 bits per heavy atom. The molecule has 88 valence electrons. The molecule has 1 aliphatic rings. The monoisotopic (exact) mass is 286 g/mol. The molecule has 16 heavy (non-hydrogen) atoms. The Bertz CT molecular complexity index is 373. The van der Waals surface area contributed by atoms with Gasteiger partial charge in [0.05, 0.1) is 4.47 Å². The Kier molecular flexibility index (Phi) is 3.62. The summed E-state index contributed by atoms with van der Waals surface area (Å²) in [4.78, 5) is 2.24. The molecule has 0 aliphatic carbocycles. The number of halogens is 2. The molecule has 1 fully saturated rings. The highest BCUT2D eigenvalue weighted by Crippen LogP contribution is 2.30. The summed E-state index contributed by atoms with van der Waals surface area (Å²) in [5, 5.41) is 0. The number of benzene rings is 1. The molecular formula is C12H16BrFN2. The summed E-state index contributed by atoms with van der Waals surface area (Å²) in [6, 6.07) is 5.49. The summed E-state index contributed by atoms with van der Waals surface area (Å²) in [7, 11) is 2.07. The van der Waals surface area contributed by atoms with Gasteiger partial charge >= 0.3 is 0 Å². The van der Waals surface area contributed by atoms with Crippen molar-refractivity contribution in [2.45, 2.75) is 24.9 Å². The van der Waals surface area contributed by atoms with Crippen LogP contribution in [0.1, 0.15) is 24.4 Å². The van der Waals surface area contributed by atoms with Crippen molar-refractivity contribution in [3.63, 3.8) is 0 Å². The van der Waals surface area contributed by atoms with Gasteiger partial charge in [-0.3, -0.25) is 4.90 Å². The maximum atomic E-state index is 13.2. The van der Waals surface area contributed by atoms with Crippen LogP contribution in [0.2, 0.25) is 0 Å². The molecule has 2 unspecified atom stereocenters. The van der Waals surface area contributed by atoms with Gasteiger partial charge in [-0.05, 0) is 60.1 Å². The highest BCUT2D eigenvalue weighted by Gasteiger charge is 2.27. The molecular weight excluding hydrogens is 271 g/mol. The average Bonchev–Trinajstić information content (AvgIpc) is 2.23. The summed E-state index contributed by atoms with van der Waals surface area (Å²) in [5.41, 5.74) is 7.22. The van der Waals surface area contributed by atoms with E-state index in [0.29, 0.717) is 4.47 Å². The highest BCUT2D eigenvalue weighted by atomic mass is 79.9. The molecule has 0 radical (unpaired) electrons. The van der Waals surface area contributed by atoms with Gasteiger partial charge in [0.1, 0.15) is 5.82 Å². The van der Waals surface area contributed by atoms with E-state index in [9.17, 15) is 4.39 Å². The van der Waals surface area contributed by atoms with Gasteiger partial charge in [0.25, 0.3) is 0 Å². The first-order valence-corrected chi connectivity index (χ1v) is 6.29. The van der Waals surface area contributed by atoms with E-state index < -0.39 is 0 Å². The van der Waals surface area contributed by atoms with Gasteiger partial charge in [0.2, 0.25) is 0 Å². The molecule has 0 saturated carbocycles. The quantitative estimate of drug-likeness (QED) is 0.860. The van der Waals surface area contributed by atoms with Crippen molar-refractivity contribution >= 4 is 15.9 Å². The summed E-state index contributed by atoms with van der Waals surface area (Å²) >= 11 is 3.22. The van der Waals surface area contributed by atoms with Gasteiger partial charge in [-0.25, -0.2) is 4.39 Å². The lowest BCUT2D eigenvalue weighted by molar-refractivity contribution is 0.163. The fourth-order valence-corrected chi connectivity index (χ4v) is 2.79. The number of hydrogen-bond acceptors (Lipinski definition) is 2. The first-order chi connectivity index (χ1) is 7.59. The lowest BCUT2D eigenvalue weighted by Crippen LogP contribution is -2.43. The first-order valence-electron chi connectivity index (χ1n) is 5.50. The van der Waals surface area contributed by atoms with Gasteiger partial charge in [0.15, 0.2) is 0 Å². The maximum Gasteiger partial charge on any atom is 0.137 e. The molecule has 0 spiro atoms. The molecule has 2 atom stereocenters. The van der Waals surface area contributed by atoms with Crippen LogP contribution in [0.25, 0.3) is 0 Å². The maximum absolute atomic E-state index is 13.2. The van der Waals surface area contributed by atoms with Crippen LogP contribution in [0.5, 0.6) is 0 Å². The van der Waals surface area contributed by atoms with Gasteiger partial charge in [-0.1, -0.05) is 6.07 Å². The van der Waals surface area contributed by atoms with Crippen molar-refractivity contribution in [3.05, 3.63) is 34.1 Å². The number of piperidine rings is 1. The SMILES string of the molecule is CN1CCCC(N)C1c1ccc(F)c(Br)c1. The minimum absolute atomic E-state index is 0.135. The Balaban J connectivity index is 2.30. The van der Waals surface area contributed by atoms with Crippen molar-refractivity contribution in [2.24, 2.45) is 5.73 Å². The first kappa shape index (κ1) is 12.0. The van der Waals surface area contributed by atoms with Crippen LogP contribution in [0.4, 0.5) is 4.39 Å². The smallest absolute Gasteiger partial charge is 0.137 e. The number of nitrogens with zero attached hydrogens (tertiary/aromatic N) is 1. The number of nitrogens with two attached hydrogens (primary N) is 1. The largest absolute Gasteiger partial charge is 0.326 e.